The molecule has 1 heterocycles. The van der Waals surface area contributed by atoms with E-state index in [1.165, 1.54) is 42.1 Å². The molecule has 150 valence electrons. The van der Waals surface area contributed by atoms with E-state index in [2.05, 4.69) is 0 Å². The number of methoxy groups -OCH3 is 3. The molecular weight excluding hydrogens is 352 g/mol. The lowest BCUT2D eigenvalue weighted by atomic mass is 9.94. The van der Waals surface area contributed by atoms with Crippen LogP contribution in [0.25, 0.3) is 0 Å². The second-order valence-electron chi connectivity index (χ2n) is 5.63. The minimum Gasteiger partial charge on any atom is -0.463 e. The molecule has 10 nitrogen and oxygen atoms in total. The van der Waals surface area contributed by atoms with Gasteiger partial charge in [0.25, 0.3) is 0 Å². The van der Waals surface area contributed by atoms with Gasteiger partial charge in [0, 0.05) is 42.1 Å². The fourth-order valence-corrected chi connectivity index (χ4v) is 2.72. The fraction of sp³-hybridized carbons (Fsp3) is 0.812. The topological polar surface area (TPSA) is 116 Å². The lowest BCUT2D eigenvalue weighted by molar-refractivity contribution is -0.315. The summed E-state index contributed by atoms with van der Waals surface area (Å²) in [5, 5.41) is 0. The van der Waals surface area contributed by atoms with E-state index in [9.17, 15) is 14.4 Å². The van der Waals surface area contributed by atoms with Crippen molar-refractivity contribution in [3.8, 4) is 0 Å². The van der Waals surface area contributed by atoms with Gasteiger partial charge in [0.15, 0.2) is 18.5 Å². The molecule has 0 bridgehead atoms. The molecule has 0 aliphatic carbocycles. The molecule has 26 heavy (non-hydrogen) atoms. The number of carbonyl (C=O) groups is 3. The van der Waals surface area contributed by atoms with Crippen molar-refractivity contribution in [3.63, 3.8) is 0 Å². The maximum Gasteiger partial charge on any atom is 0.303 e. The van der Waals surface area contributed by atoms with E-state index in [0.717, 1.165) is 0 Å². The summed E-state index contributed by atoms with van der Waals surface area (Å²) < 4.78 is 37.4. The number of ether oxygens (including phenoxy) is 7. The molecule has 1 aliphatic heterocycles. The molecule has 1 aliphatic rings. The average molecular weight is 378 g/mol. The van der Waals surface area contributed by atoms with Crippen molar-refractivity contribution in [1.29, 1.82) is 0 Å². The molecule has 0 saturated carbocycles. The van der Waals surface area contributed by atoms with Crippen LogP contribution in [0.1, 0.15) is 20.8 Å². The monoisotopic (exact) mass is 378 g/mol. The Hall–Kier alpha value is -1.75. The third-order valence-corrected chi connectivity index (χ3v) is 3.76. The molecule has 0 aromatic carbocycles. The summed E-state index contributed by atoms with van der Waals surface area (Å²) >= 11 is 0. The van der Waals surface area contributed by atoms with E-state index in [1.807, 2.05) is 0 Å². The lowest BCUT2D eigenvalue weighted by Gasteiger charge is -2.45. The van der Waals surface area contributed by atoms with E-state index in [1.54, 1.807) is 0 Å². The Balaban J connectivity index is 3.21. The van der Waals surface area contributed by atoms with Crippen LogP contribution in [-0.4, -0.2) is 82.7 Å². The Labute approximate surface area is 151 Å². The fourth-order valence-electron chi connectivity index (χ4n) is 2.72. The number of rotatable bonds is 8. The number of esters is 3. The standard InChI is InChI=1S/C16H26O10/c1-8(17)23-7-11(20-4)12-13(24-9(2)18)14(25-10(3)19)15(21-5)16(22-6)26-12/h11-16H,7H2,1-6H3/t11-,12-,13-,14+,15-,16?/m1/s1. The van der Waals surface area contributed by atoms with Crippen LogP contribution < -0.4 is 0 Å². The molecule has 0 aromatic heterocycles. The summed E-state index contributed by atoms with van der Waals surface area (Å²) in [6, 6.07) is 0. The van der Waals surface area contributed by atoms with Gasteiger partial charge in [0.1, 0.15) is 24.9 Å². The second-order valence-corrected chi connectivity index (χ2v) is 5.63. The maximum atomic E-state index is 11.6. The van der Waals surface area contributed by atoms with E-state index in [-0.39, 0.29) is 6.61 Å². The molecule has 6 atom stereocenters. The maximum absolute atomic E-state index is 11.6. The van der Waals surface area contributed by atoms with E-state index >= 15 is 0 Å². The summed E-state index contributed by atoms with van der Waals surface area (Å²) in [5.41, 5.74) is 0. The number of hydrogen-bond acceptors (Lipinski definition) is 10. The van der Waals surface area contributed by atoms with E-state index in [4.69, 9.17) is 33.2 Å². The molecule has 0 aromatic rings. The Morgan fingerprint density at radius 3 is 1.85 bits per heavy atom. The largest absolute Gasteiger partial charge is 0.463 e. The highest BCUT2D eigenvalue weighted by Crippen LogP contribution is 2.31. The number of carbonyl (C=O) groups excluding carboxylic acids is 3. The highest BCUT2D eigenvalue weighted by atomic mass is 16.7. The second kappa shape index (κ2) is 10.4. The summed E-state index contributed by atoms with van der Waals surface area (Å²) in [7, 11) is 4.15. The van der Waals surface area contributed by atoms with Crippen LogP contribution in [0.4, 0.5) is 0 Å². The molecule has 10 heteroatoms. The van der Waals surface area contributed by atoms with E-state index in [0.29, 0.717) is 0 Å². The van der Waals surface area contributed by atoms with Gasteiger partial charge < -0.3 is 33.2 Å². The zero-order chi connectivity index (χ0) is 19.9. The van der Waals surface area contributed by atoms with Crippen molar-refractivity contribution in [1.82, 2.24) is 0 Å². The van der Waals surface area contributed by atoms with Gasteiger partial charge in [0.05, 0.1) is 0 Å². The smallest absolute Gasteiger partial charge is 0.303 e. The molecule has 0 amide bonds. The van der Waals surface area contributed by atoms with E-state index < -0.39 is 54.7 Å². The summed E-state index contributed by atoms with van der Waals surface area (Å²) in [6.45, 7) is 3.52. The zero-order valence-corrected chi connectivity index (χ0v) is 15.8. The van der Waals surface area contributed by atoms with Crippen molar-refractivity contribution in [2.45, 2.75) is 57.6 Å². The first kappa shape index (κ1) is 22.3. The van der Waals surface area contributed by atoms with Gasteiger partial charge in [-0.3, -0.25) is 14.4 Å². The van der Waals surface area contributed by atoms with Crippen LogP contribution in [0, 0.1) is 0 Å². The molecular formula is C16H26O10. The SMILES string of the molecule is COC1O[C@H]([C@@H](COC(C)=O)OC)[C@@H](OC(C)=O)[C@H](OC(C)=O)[C@H]1OC. The quantitative estimate of drug-likeness (QED) is 0.416. The van der Waals surface area contributed by atoms with Gasteiger partial charge in [-0.2, -0.15) is 0 Å². The van der Waals surface area contributed by atoms with Crippen molar-refractivity contribution in [3.05, 3.63) is 0 Å². The minimum absolute atomic E-state index is 0.158. The normalized spacial score (nSPS) is 29.5. The van der Waals surface area contributed by atoms with Crippen LogP contribution in [0.5, 0.6) is 0 Å². The molecule has 1 saturated heterocycles. The highest BCUT2D eigenvalue weighted by molar-refractivity contribution is 5.67. The van der Waals surface area contributed by atoms with Gasteiger partial charge in [-0.15, -0.1) is 0 Å². The van der Waals surface area contributed by atoms with Crippen molar-refractivity contribution in [2.24, 2.45) is 0 Å². The van der Waals surface area contributed by atoms with Crippen molar-refractivity contribution < 1.29 is 47.5 Å². The van der Waals surface area contributed by atoms with Crippen LogP contribution in [0.2, 0.25) is 0 Å². The summed E-state index contributed by atoms with van der Waals surface area (Å²) in [5.74, 6) is -1.73. The van der Waals surface area contributed by atoms with Gasteiger partial charge in [-0.25, -0.2) is 0 Å². The van der Waals surface area contributed by atoms with Crippen LogP contribution in [0.15, 0.2) is 0 Å². The molecule has 1 rings (SSSR count). The Morgan fingerprint density at radius 2 is 1.42 bits per heavy atom. The van der Waals surface area contributed by atoms with Gasteiger partial charge in [-0.1, -0.05) is 0 Å². The van der Waals surface area contributed by atoms with Crippen molar-refractivity contribution >= 4 is 17.9 Å². The summed E-state index contributed by atoms with van der Waals surface area (Å²) in [6.07, 6.45) is -5.61. The van der Waals surface area contributed by atoms with Gasteiger partial charge >= 0.3 is 17.9 Å². The first-order valence-corrected chi connectivity index (χ1v) is 7.96. The Kier molecular flexibility index (Phi) is 8.93. The highest BCUT2D eigenvalue weighted by Gasteiger charge is 2.53. The number of hydrogen-bond donors (Lipinski definition) is 0. The van der Waals surface area contributed by atoms with Gasteiger partial charge in [-0.05, 0) is 0 Å². The molecule has 0 N–H and O–H groups in total. The molecule has 1 fully saturated rings. The van der Waals surface area contributed by atoms with Crippen LogP contribution in [0.3, 0.4) is 0 Å². The predicted octanol–water partition coefficient (Wildman–Crippen LogP) is -0.186. The van der Waals surface area contributed by atoms with Crippen LogP contribution in [-0.2, 0) is 47.5 Å². The third-order valence-electron chi connectivity index (χ3n) is 3.76. The zero-order valence-electron chi connectivity index (χ0n) is 15.8. The van der Waals surface area contributed by atoms with Crippen LogP contribution >= 0.6 is 0 Å². The van der Waals surface area contributed by atoms with Crippen molar-refractivity contribution in [2.75, 3.05) is 27.9 Å². The van der Waals surface area contributed by atoms with Gasteiger partial charge in [0.2, 0.25) is 0 Å². The summed E-state index contributed by atoms with van der Waals surface area (Å²) in [4.78, 5) is 34.3. The molecule has 0 spiro atoms. The lowest BCUT2D eigenvalue weighted by Crippen LogP contribution is -2.64. The predicted molar refractivity (Wildman–Crippen MR) is 85.0 cm³/mol. The Morgan fingerprint density at radius 1 is 0.846 bits per heavy atom. The average Bonchev–Trinajstić information content (AvgIpc) is 2.56. The molecule has 1 unspecified atom stereocenters. The molecule has 0 radical (unpaired) electrons. The Bertz CT molecular complexity index is 493. The first-order chi connectivity index (χ1) is 12.2. The minimum atomic E-state index is -1.06. The third kappa shape index (κ3) is 5.90. The first-order valence-electron chi connectivity index (χ1n) is 7.96.